The fraction of sp³-hybridized carbons (Fsp3) is 0.227. The van der Waals surface area contributed by atoms with Crippen LogP contribution in [0.5, 0.6) is 0 Å². The zero-order valence-corrected chi connectivity index (χ0v) is 16.5. The van der Waals surface area contributed by atoms with Crippen molar-refractivity contribution in [2.24, 2.45) is 0 Å². The molecule has 1 amide bonds. The van der Waals surface area contributed by atoms with Crippen LogP contribution in [0.15, 0.2) is 58.7 Å². The molecule has 146 valence electrons. The number of nitrogens with zero attached hydrogens (tertiary/aromatic N) is 2. The van der Waals surface area contributed by atoms with Gasteiger partial charge in [-0.1, -0.05) is 24.3 Å². The van der Waals surface area contributed by atoms with Gasteiger partial charge in [-0.2, -0.15) is 5.10 Å². The lowest BCUT2D eigenvalue weighted by Crippen LogP contribution is -2.36. The van der Waals surface area contributed by atoms with E-state index in [-0.39, 0.29) is 24.1 Å². The largest absolute Gasteiger partial charge is 0.356 e. The molecular formula is C22H20N4O2S. The Kier molecular flexibility index (Phi) is 4.52. The van der Waals surface area contributed by atoms with Gasteiger partial charge in [0.2, 0.25) is 5.91 Å². The van der Waals surface area contributed by atoms with E-state index in [4.69, 9.17) is 0 Å². The topological polar surface area (TPSA) is 79.8 Å². The second-order valence-electron chi connectivity index (χ2n) is 7.27. The molecule has 29 heavy (non-hydrogen) atoms. The van der Waals surface area contributed by atoms with E-state index < -0.39 is 0 Å². The first-order valence-electron chi connectivity index (χ1n) is 9.70. The van der Waals surface area contributed by atoms with Gasteiger partial charge in [-0.15, -0.1) is 11.3 Å². The molecule has 0 unspecified atom stereocenters. The van der Waals surface area contributed by atoms with Crippen LogP contribution < -0.4 is 10.9 Å². The van der Waals surface area contributed by atoms with E-state index in [1.807, 2.05) is 29.6 Å². The van der Waals surface area contributed by atoms with Gasteiger partial charge in [-0.25, -0.2) is 4.68 Å². The number of hydrogen-bond acceptors (Lipinski definition) is 4. The zero-order chi connectivity index (χ0) is 19.8. The second kappa shape index (κ2) is 7.33. The average molecular weight is 404 g/mol. The number of para-hydroxylation sites is 1. The van der Waals surface area contributed by atoms with Gasteiger partial charge in [0.25, 0.3) is 5.56 Å². The molecule has 1 atom stereocenters. The smallest absolute Gasteiger partial charge is 0.267 e. The number of aromatic nitrogens is 3. The molecule has 0 spiro atoms. The lowest BCUT2D eigenvalue weighted by molar-refractivity contribution is -0.122. The Morgan fingerprint density at radius 1 is 1.21 bits per heavy atom. The number of fused-ring (bicyclic) bond motifs is 3. The summed E-state index contributed by atoms with van der Waals surface area (Å²) in [5.74, 6) is -0.209. The maximum absolute atomic E-state index is 12.7. The van der Waals surface area contributed by atoms with E-state index in [2.05, 4.69) is 27.5 Å². The van der Waals surface area contributed by atoms with E-state index in [0.29, 0.717) is 5.69 Å². The molecule has 3 aromatic heterocycles. The Morgan fingerprint density at radius 2 is 2.10 bits per heavy atom. The first-order chi connectivity index (χ1) is 14.2. The van der Waals surface area contributed by atoms with Gasteiger partial charge >= 0.3 is 0 Å². The number of thiophene rings is 1. The Morgan fingerprint density at radius 3 is 2.97 bits per heavy atom. The molecule has 0 fully saturated rings. The molecular weight excluding hydrogens is 384 g/mol. The van der Waals surface area contributed by atoms with Crippen LogP contribution in [-0.4, -0.2) is 20.7 Å². The van der Waals surface area contributed by atoms with Gasteiger partial charge < -0.3 is 10.3 Å². The summed E-state index contributed by atoms with van der Waals surface area (Å²) in [6, 6.07) is 15.2. The number of H-pyrrole nitrogens is 1. The van der Waals surface area contributed by atoms with Crippen molar-refractivity contribution >= 4 is 28.1 Å². The molecule has 4 aromatic rings. The average Bonchev–Trinajstić information content (AvgIpc) is 3.38. The van der Waals surface area contributed by atoms with Crippen LogP contribution in [0.25, 0.3) is 21.5 Å². The number of nitrogens with one attached hydrogen (secondary N) is 2. The minimum Gasteiger partial charge on any atom is -0.356 e. The minimum atomic E-state index is -0.282. The monoisotopic (exact) mass is 404 g/mol. The van der Waals surface area contributed by atoms with Crippen molar-refractivity contribution in [2.45, 2.75) is 31.8 Å². The molecule has 1 aliphatic carbocycles. The molecule has 6 nitrogen and oxygen atoms in total. The number of amides is 1. The third-order valence-corrected chi connectivity index (χ3v) is 6.28. The highest BCUT2D eigenvalue weighted by Crippen LogP contribution is 2.34. The molecule has 1 aliphatic rings. The number of rotatable bonds is 4. The van der Waals surface area contributed by atoms with Gasteiger partial charge in [0.05, 0.1) is 10.9 Å². The third kappa shape index (κ3) is 3.38. The first kappa shape index (κ1) is 17.9. The van der Waals surface area contributed by atoms with Gasteiger partial charge in [0, 0.05) is 22.7 Å². The summed E-state index contributed by atoms with van der Waals surface area (Å²) in [7, 11) is 0. The van der Waals surface area contributed by atoms with Crippen LogP contribution in [0.3, 0.4) is 0 Å². The van der Waals surface area contributed by atoms with Crippen molar-refractivity contribution in [1.29, 1.82) is 0 Å². The summed E-state index contributed by atoms with van der Waals surface area (Å²) in [6.45, 7) is -0.0931. The molecule has 7 heteroatoms. The fourth-order valence-corrected chi connectivity index (χ4v) is 4.74. The highest BCUT2D eigenvalue weighted by Gasteiger charge is 2.25. The van der Waals surface area contributed by atoms with Crippen molar-refractivity contribution in [1.82, 2.24) is 20.1 Å². The summed E-state index contributed by atoms with van der Waals surface area (Å²) in [5, 5.41) is 10.7. The summed E-state index contributed by atoms with van der Waals surface area (Å²) in [6.07, 6.45) is 2.91. The highest BCUT2D eigenvalue weighted by molar-refractivity contribution is 7.13. The van der Waals surface area contributed by atoms with Crippen molar-refractivity contribution in [3.63, 3.8) is 0 Å². The lowest BCUT2D eigenvalue weighted by atomic mass is 9.91. The van der Waals surface area contributed by atoms with Crippen LogP contribution >= 0.6 is 11.3 Å². The number of aromatic amines is 1. The van der Waals surface area contributed by atoms with Crippen LogP contribution in [-0.2, 0) is 17.8 Å². The van der Waals surface area contributed by atoms with Gasteiger partial charge in [-0.3, -0.25) is 9.59 Å². The number of aryl methyl sites for hydroxylation is 1. The first-order valence-corrected chi connectivity index (χ1v) is 10.6. The third-order valence-electron chi connectivity index (χ3n) is 5.38. The molecule has 2 N–H and O–H groups in total. The molecule has 0 radical (unpaired) electrons. The SMILES string of the molecule is O=C(Cn1nc(-c2cccs2)ccc1=O)N[C@@H]1CCCc2c1[nH]c1ccccc21. The predicted molar refractivity (Wildman–Crippen MR) is 114 cm³/mol. The number of carbonyl (C=O) groups excluding carboxylic acids is 1. The van der Waals surface area contributed by atoms with E-state index in [0.717, 1.165) is 35.4 Å². The maximum Gasteiger partial charge on any atom is 0.267 e. The zero-order valence-electron chi connectivity index (χ0n) is 15.7. The van der Waals surface area contributed by atoms with E-state index in [1.54, 1.807) is 17.4 Å². The van der Waals surface area contributed by atoms with Crippen molar-refractivity contribution in [2.75, 3.05) is 0 Å². The fourth-order valence-electron chi connectivity index (χ4n) is 4.05. The van der Waals surface area contributed by atoms with E-state index in [9.17, 15) is 9.59 Å². The molecule has 0 saturated heterocycles. The maximum atomic E-state index is 12.7. The Labute approximate surface area is 171 Å². The second-order valence-corrected chi connectivity index (χ2v) is 8.21. The molecule has 3 heterocycles. The minimum absolute atomic E-state index is 0.0742. The summed E-state index contributed by atoms with van der Waals surface area (Å²) < 4.78 is 1.24. The van der Waals surface area contributed by atoms with Crippen molar-refractivity contribution in [3.05, 3.63) is 75.5 Å². The van der Waals surface area contributed by atoms with Crippen molar-refractivity contribution < 1.29 is 4.79 Å². The van der Waals surface area contributed by atoms with Gasteiger partial charge in [0.1, 0.15) is 12.2 Å². The van der Waals surface area contributed by atoms with Crippen LogP contribution in [0.1, 0.15) is 30.1 Å². The predicted octanol–water partition coefficient (Wildman–Crippen LogP) is 3.65. The summed E-state index contributed by atoms with van der Waals surface area (Å²) in [4.78, 5) is 29.4. The van der Waals surface area contributed by atoms with Crippen molar-refractivity contribution in [3.8, 4) is 10.6 Å². The normalized spacial score (nSPS) is 15.9. The molecule has 0 saturated carbocycles. The number of hydrogen-bond donors (Lipinski definition) is 2. The molecule has 5 rings (SSSR count). The molecule has 1 aromatic carbocycles. The number of carbonyl (C=O) groups is 1. The quantitative estimate of drug-likeness (QED) is 0.545. The summed E-state index contributed by atoms with van der Waals surface area (Å²) in [5.41, 5.74) is 3.88. The van der Waals surface area contributed by atoms with E-state index >= 15 is 0 Å². The Balaban J connectivity index is 1.37. The van der Waals surface area contributed by atoms with Gasteiger partial charge in [-0.05, 0) is 48.4 Å². The van der Waals surface area contributed by atoms with Crippen LogP contribution in [0.2, 0.25) is 0 Å². The number of benzene rings is 1. The summed E-state index contributed by atoms with van der Waals surface area (Å²) >= 11 is 1.55. The van der Waals surface area contributed by atoms with Gasteiger partial charge in [0.15, 0.2) is 0 Å². The van der Waals surface area contributed by atoms with Crippen LogP contribution in [0, 0.1) is 0 Å². The molecule has 0 bridgehead atoms. The standard InChI is InChI=1S/C22H20N4O2S/c27-20(13-26-21(28)11-10-17(25-26)19-9-4-12-29-19)23-18-8-3-6-15-14-5-1-2-7-16(14)24-22(15)18/h1-2,4-5,7,9-12,18,24H,3,6,8,13H2,(H,23,27)/t18-/m1/s1. The lowest BCUT2D eigenvalue weighted by Gasteiger charge is -2.24. The Bertz CT molecular complexity index is 1240. The van der Waals surface area contributed by atoms with E-state index in [1.165, 1.54) is 21.7 Å². The Hall–Kier alpha value is -3.19. The highest BCUT2D eigenvalue weighted by atomic mass is 32.1. The molecule has 0 aliphatic heterocycles. The van der Waals surface area contributed by atoms with Crippen LogP contribution in [0.4, 0.5) is 0 Å².